The van der Waals surface area contributed by atoms with Gasteiger partial charge in [0.2, 0.25) is 5.91 Å². The number of amides is 3. The zero-order valence-corrected chi connectivity index (χ0v) is 17.7. The van der Waals surface area contributed by atoms with E-state index in [1.165, 1.54) is 0 Å². The summed E-state index contributed by atoms with van der Waals surface area (Å²) in [6.07, 6.45) is 1.94. The molecule has 1 heterocycles. The predicted octanol–water partition coefficient (Wildman–Crippen LogP) is 2.54. The molecule has 154 valence electrons. The largest absolute Gasteiger partial charge is 0.335 e. The third-order valence-electron chi connectivity index (χ3n) is 4.42. The van der Waals surface area contributed by atoms with Crippen LogP contribution in [0.4, 0.5) is 16.2 Å². The number of hydrogen-bond donors (Lipinski definition) is 4. The molecule has 1 aliphatic heterocycles. The van der Waals surface area contributed by atoms with Crippen molar-refractivity contribution in [1.82, 2.24) is 15.5 Å². The number of likely N-dealkylation sites (tertiary alicyclic amines) is 1. The zero-order chi connectivity index (χ0) is 18.2. The van der Waals surface area contributed by atoms with E-state index in [9.17, 15) is 9.59 Å². The van der Waals surface area contributed by atoms with Crippen LogP contribution < -0.4 is 21.3 Å². The maximum atomic E-state index is 12.1. The van der Waals surface area contributed by atoms with Crippen molar-refractivity contribution >= 4 is 48.1 Å². The highest BCUT2D eigenvalue weighted by molar-refractivity contribution is 5.93. The number of nitrogens with one attached hydrogen (secondary N) is 4. The second-order valence-corrected chi connectivity index (χ2v) is 6.70. The van der Waals surface area contributed by atoms with E-state index in [0.717, 1.165) is 25.9 Å². The van der Waals surface area contributed by atoms with Crippen molar-refractivity contribution in [2.75, 3.05) is 44.4 Å². The summed E-state index contributed by atoms with van der Waals surface area (Å²) in [5.41, 5.74) is 1.42. The molecule has 1 saturated heterocycles. The van der Waals surface area contributed by atoms with Crippen molar-refractivity contribution in [1.29, 1.82) is 0 Å². The monoisotopic (exact) mass is 419 g/mol. The van der Waals surface area contributed by atoms with Gasteiger partial charge in [0.15, 0.2) is 0 Å². The molecule has 27 heavy (non-hydrogen) atoms. The molecule has 7 nitrogen and oxygen atoms in total. The van der Waals surface area contributed by atoms with Crippen LogP contribution in [-0.2, 0) is 4.79 Å². The van der Waals surface area contributed by atoms with E-state index in [1.54, 1.807) is 24.3 Å². The summed E-state index contributed by atoms with van der Waals surface area (Å²) in [6.45, 7) is 4.51. The first-order valence-corrected chi connectivity index (χ1v) is 8.79. The van der Waals surface area contributed by atoms with Crippen LogP contribution in [0, 0.1) is 5.92 Å². The molecule has 0 radical (unpaired) electrons. The Morgan fingerprint density at radius 1 is 1.07 bits per heavy atom. The Morgan fingerprint density at radius 2 is 1.59 bits per heavy atom. The normalized spacial score (nSPS) is 15.7. The summed E-state index contributed by atoms with van der Waals surface area (Å²) in [4.78, 5) is 26.3. The van der Waals surface area contributed by atoms with Crippen molar-refractivity contribution in [2.24, 2.45) is 5.92 Å². The molecule has 1 aromatic rings. The lowest BCUT2D eigenvalue weighted by Gasteiger charge is -2.29. The fraction of sp³-hybridized carbons (Fsp3) is 0.556. The van der Waals surface area contributed by atoms with Crippen molar-refractivity contribution in [3.63, 3.8) is 0 Å². The minimum atomic E-state index is -0.186. The van der Waals surface area contributed by atoms with E-state index in [0.29, 0.717) is 17.9 Å². The van der Waals surface area contributed by atoms with Gasteiger partial charge in [0.25, 0.3) is 0 Å². The fourth-order valence-electron chi connectivity index (χ4n) is 2.81. The number of hydrogen-bond acceptors (Lipinski definition) is 4. The number of urea groups is 1. The van der Waals surface area contributed by atoms with E-state index in [2.05, 4.69) is 33.2 Å². The second-order valence-electron chi connectivity index (χ2n) is 6.70. The molecule has 1 aromatic carbocycles. The van der Waals surface area contributed by atoms with Gasteiger partial charge in [0.05, 0.1) is 0 Å². The molecule has 0 aliphatic carbocycles. The van der Waals surface area contributed by atoms with Gasteiger partial charge in [0, 0.05) is 29.9 Å². The van der Waals surface area contributed by atoms with Crippen LogP contribution in [0.25, 0.3) is 0 Å². The van der Waals surface area contributed by atoms with Crippen LogP contribution in [0.1, 0.15) is 19.8 Å². The van der Waals surface area contributed by atoms with Crippen molar-refractivity contribution in [3.05, 3.63) is 24.3 Å². The maximum absolute atomic E-state index is 12.1. The minimum absolute atomic E-state index is 0. The summed E-state index contributed by atoms with van der Waals surface area (Å²) in [6, 6.07) is 7.18. The van der Waals surface area contributed by atoms with E-state index < -0.39 is 0 Å². The third kappa shape index (κ3) is 8.79. The van der Waals surface area contributed by atoms with E-state index in [-0.39, 0.29) is 48.7 Å². The molecule has 4 N–H and O–H groups in total. The molecule has 1 fully saturated rings. The minimum Gasteiger partial charge on any atom is -0.335 e. The van der Waals surface area contributed by atoms with E-state index in [1.807, 2.05) is 14.0 Å². The summed E-state index contributed by atoms with van der Waals surface area (Å²) in [5, 5.41) is 11.7. The Labute approximate surface area is 173 Å². The first-order valence-electron chi connectivity index (χ1n) is 8.79. The molecule has 1 aliphatic rings. The van der Waals surface area contributed by atoms with Gasteiger partial charge in [-0.25, -0.2) is 4.79 Å². The number of rotatable bonds is 6. The number of carbonyl (C=O) groups excluding carboxylic acids is 2. The molecule has 9 heteroatoms. The molecule has 0 spiro atoms. The Balaban J connectivity index is 0.00000338. The van der Waals surface area contributed by atoms with Crippen molar-refractivity contribution in [2.45, 2.75) is 25.8 Å². The highest BCUT2D eigenvalue weighted by atomic mass is 35.5. The first kappa shape index (κ1) is 25.5. The topological polar surface area (TPSA) is 85.5 Å². The number of piperidine rings is 1. The SMILES string of the molecule is CNCC(C)C(=O)Nc1ccc(NC(=O)NC2CCN(C)CC2)cc1.Cl.Cl. The second kappa shape index (κ2) is 12.8. The molecular weight excluding hydrogens is 389 g/mol. The maximum Gasteiger partial charge on any atom is 0.319 e. The predicted molar refractivity (Wildman–Crippen MR) is 115 cm³/mol. The summed E-state index contributed by atoms with van der Waals surface area (Å²) < 4.78 is 0. The number of anilines is 2. The van der Waals surface area contributed by atoms with Crippen molar-refractivity contribution in [3.8, 4) is 0 Å². The van der Waals surface area contributed by atoms with Crippen LogP contribution >= 0.6 is 24.8 Å². The van der Waals surface area contributed by atoms with Crippen LogP contribution in [0.5, 0.6) is 0 Å². The van der Waals surface area contributed by atoms with Gasteiger partial charge in [-0.3, -0.25) is 4.79 Å². The number of nitrogens with zero attached hydrogens (tertiary/aromatic N) is 1. The van der Waals surface area contributed by atoms with Crippen LogP contribution in [0.15, 0.2) is 24.3 Å². The lowest BCUT2D eigenvalue weighted by atomic mass is 10.1. The first-order chi connectivity index (χ1) is 12.0. The van der Waals surface area contributed by atoms with Gasteiger partial charge in [-0.2, -0.15) is 0 Å². The number of carbonyl (C=O) groups is 2. The van der Waals surface area contributed by atoms with Gasteiger partial charge in [0.1, 0.15) is 0 Å². The summed E-state index contributed by atoms with van der Waals surface area (Å²) >= 11 is 0. The molecule has 0 saturated carbocycles. The average Bonchev–Trinajstić information content (AvgIpc) is 2.59. The molecule has 0 bridgehead atoms. The summed E-state index contributed by atoms with van der Waals surface area (Å²) in [5.74, 6) is -0.141. The lowest BCUT2D eigenvalue weighted by molar-refractivity contribution is -0.119. The molecule has 3 amide bonds. The van der Waals surface area contributed by atoms with E-state index in [4.69, 9.17) is 0 Å². The highest BCUT2D eigenvalue weighted by Gasteiger charge is 2.18. The van der Waals surface area contributed by atoms with Crippen LogP contribution in [0.2, 0.25) is 0 Å². The van der Waals surface area contributed by atoms with Crippen LogP contribution in [0.3, 0.4) is 0 Å². The summed E-state index contributed by atoms with van der Waals surface area (Å²) in [7, 11) is 3.91. The van der Waals surface area contributed by atoms with Gasteiger partial charge in [-0.15, -0.1) is 24.8 Å². The van der Waals surface area contributed by atoms with Gasteiger partial charge >= 0.3 is 6.03 Å². The highest BCUT2D eigenvalue weighted by Crippen LogP contribution is 2.15. The third-order valence-corrected chi connectivity index (χ3v) is 4.42. The number of benzene rings is 1. The molecule has 0 aromatic heterocycles. The van der Waals surface area contributed by atoms with Crippen LogP contribution in [-0.4, -0.2) is 56.6 Å². The Hall–Kier alpha value is -1.54. The quantitative estimate of drug-likeness (QED) is 0.570. The molecule has 1 unspecified atom stereocenters. The molecule has 2 rings (SSSR count). The van der Waals surface area contributed by atoms with Crippen molar-refractivity contribution < 1.29 is 9.59 Å². The Morgan fingerprint density at radius 3 is 2.11 bits per heavy atom. The van der Waals surface area contributed by atoms with Gasteiger partial charge in [-0.05, 0) is 64.3 Å². The Kier molecular flexibility index (Phi) is 12.0. The van der Waals surface area contributed by atoms with Gasteiger partial charge < -0.3 is 26.2 Å². The fourth-order valence-corrected chi connectivity index (χ4v) is 2.81. The van der Waals surface area contributed by atoms with Gasteiger partial charge in [-0.1, -0.05) is 6.92 Å². The lowest BCUT2D eigenvalue weighted by Crippen LogP contribution is -2.44. The zero-order valence-electron chi connectivity index (χ0n) is 16.1. The standard InChI is InChI=1S/C18H29N5O2.2ClH/c1-13(12-19-2)17(24)20-14-4-6-15(7-5-14)21-18(25)22-16-8-10-23(3)11-9-16;;/h4-7,13,16,19H,8-12H2,1-3H3,(H,20,24)(H2,21,22,25);2*1H. The number of halogens is 2. The average molecular weight is 420 g/mol. The molecule has 1 atom stereocenters. The van der Waals surface area contributed by atoms with E-state index >= 15 is 0 Å². The smallest absolute Gasteiger partial charge is 0.319 e. The molecular formula is C18H31Cl2N5O2. The Bertz CT molecular complexity index is 578.